The fourth-order valence-electron chi connectivity index (χ4n) is 11.3. The smallest absolute Gasteiger partial charge is 0.204 e. The van der Waals surface area contributed by atoms with Crippen molar-refractivity contribution in [2.75, 3.05) is 105 Å². The molecule has 2 aliphatic carbocycles. The summed E-state index contributed by atoms with van der Waals surface area (Å²) in [5.41, 5.74) is 6.38. The van der Waals surface area contributed by atoms with Gasteiger partial charge in [0.1, 0.15) is 47.2 Å². The third-order valence-corrected chi connectivity index (χ3v) is 15.0. The highest BCUT2D eigenvalue weighted by Gasteiger charge is 2.37. The van der Waals surface area contributed by atoms with Gasteiger partial charge in [0.15, 0.2) is 11.6 Å². The number of likely N-dealkylation sites (tertiary alicyclic amines) is 1. The Morgan fingerprint density at radius 3 is 1.93 bits per heavy atom. The Balaban J connectivity index is 0.812. The molecular formula is C53H68N14O5. The minimum Gasteiger partial charge on any atom is -0.490 e. The molecule has 11 rings (SSSR count). The van der Waals surface area contributed by atoms with E-state index in [0.717, 1.165) is 153 Å². The highest BCUT2D eigenvalue weighted by Crippen LogP contribution is 2.39. The Bertz CT molecular complexity index is 2760. The van der Waals surface area contributed by atoms with Crippen LogP contribution in [0.3, 0.4) is 0 Å². The quantitative estimate of drug-likeness (QED) is 0.112. The second-order valence-electron chi connectivity index (χ2n) is 20.0. The number of rotatable bonds is 15. The molecule has 4 aromatic heterocycles. The van der Waals surface area contributed by atoms with Gasteiger partial charge in [-0.1, -0.05) is 6.42 Å². The largest absolute Gasteiger partial charge is 0.490 e. The molecule has 3 saturated heterocycles. The number of ether oxygens (including phenoxy) is 5. The summed E-state index contributed by atoms with van der Waals surface area (Å²) in [7, 11) is 5.57. The number of aromatic nitrogens is 8. The molecule has 5 fully saturated rings. The van der Waals surface area contributed by atoms with Gasteiger partial charge >= 0.3 is 0 Å². The fourth-order valence-corrected chi connectivity index (χ4v) is 11.3. The summed E-state index contributed by atoms with van der Waals surface area (Å²) < 4.78 is 32.1. The SMILES string of the molecule is COc1c(N[C@H]2CC[C@@H](Oc3cc(N4CCOC(N(c5cc(CN6CCCCC6)ncn5)[C@H]5CC[C@@H](Oc6cc(N7CCOCC7)cc7nccnc67)CC5)C4)cc4nccnc34)CC2)ncnc1N(C)C. The number of nitrogens with zero attached hydrogens (tertiary/aromatic N) is 13. The van der Waals surface area contributed by atoms with E-state index in [1.54, 1.807) is 44.6 Å². The molecule has 380 valence electrons. The second kappa shape index (κ2) is 22.1. The van der Waals surface area contributed by atoms with Crippen molar-refractivity contribution in [3.63, 3.8) is 0 Å². The number of fused-ring (bicyclic) bond motifs is 2. The van der Waals surface area contributed by atoms with Gasteiger partial charge in [0.05, 0.1) is 62.4 Å². The molecule has 2 saturated carbocycles. The number of methoxy groups -OCH3 is 1. The van der Waals surface area contributed by atoms with E-state index < -0.39 is 0 Å². The summed E-state index contributed by atoms with van der Waals surface area (Å²) in [5.74, 6) is 4.55. The molecule has 3 aliphatic heterocycles. The van der Waals surface area contributed by atoms with Crippen LogP contribution in [0.4, 0.5) is 28.8 Å². The molecule has 19 nitrogen and oxygen atoms in total. The van der Waals surface area contributed by atoms with E-state index in [1.165, 1.54) is 19.3 Å². The molecule has 0 radical (unpaired) electrons. The third-order valence-electron chi connectivity index (χ3n) is 15.0. The van der Waals surface area contributed by atoms with Crippen LogP contribution < -0.4 is 39.1 Å². The van der Waals surface area contributed by atoms with E-state index in [0.29, 0.717) is 37.9 Å². The van der Waals surface area contributed by atoms with Crippen molar-refractivity contribution in [3.05, 3.63) is 73.5 Å². The lowest BCUT2D eigenvalue weighted by Gasteiger charge is -2.46. The average molecular weight is 981 g/mol. The zero-order valence-corrected chi connectivity index (χ0v) is 41.9. The van der Waals surface area contributed by atoms with Crippen molar-refractivity contribution in [3.8, 4) is 17.2 Å². The van der Waals surface area contributed by atoms with E-state index in [4.69, 9.17) is 48.6 Å². The van der Waals surface area contributed by atoms with Crippen molar-refractivity contribution < 1.29 is 23.7 Å². The van der Waals surface area contributed by atoms with Crippen LogP contribution in [0.25, 0.3) is 22.1 Å². The van der Waals surface area contributed by atoms with Crippen LogP contribution in [0.5, 0.6) is 17.2 Å². The van der Waals surface area contributed by atoms with Gasteiger partial charge in [-0.2, -0.15) is 0 Å². The zero-order valence-electron chi connectivity index (χ0n) is 41.9. The van der Waals surface area contributed by atoms with Gasteiger partial charge in [-0.05, 0) is 89.4 Å². The van der Waals surface area contributed by atoms with E-state index in [1.807, 2.05) is 19.0 Å². The van der Waals surface area contributed by atoms with E-state index in [-0.39, 0.29) is 30.5 Å². The molecule has 5 aliphatic rings. The lowest BCUT2D eigenvalue weighted by atomic mass is 9.91. The van der Waals surface area contributed by atoms with Gasteiger partial charge in [-0.3, -0.25) is 14.9 Å². The number of benzene rings is 2. The molecule has 0 spiro atoms. The Kier molecular flexibility index (Phi) is 14.7. The van der Waals surface area contributed by atoms with Crippen molar-refractivity contribution >= 4 is 50.9 Å². The predicted molar refractivity (Wildman–Crippen MR) is 278 cm³/mol. The van der Waals surface area contributed by atoms with Crippen LogP contribution in [-0.2, 0) is 16.0 Å². The summed E-state index contributed by atoms with van der Waals surface area (Å²) in [6.45, 7) is 8.00. The molecule has 19 heteroatoms. The van der Waals surface area contributed by atoms with E-state index in [9.17, 15) is 0 Å². The summed E-state index contributed by atoms with van der Waals surface area (Å²) in [5, 5.41) is 3.63. The van der Waals surface area contributed by atoms with Crippen LogP contribution in [0.15, 0.2) is 67.8 Å². The van der Waals surface area contributed by atoms with Crippen LogP contribution in [0.2, 0.25) is 0 Å². The van der Waals surface area contributed by atoms with Crippen molar-refractivity contribution in [2.24, 2.45) is 0 Å². The molecule has 2 aromatic carbocycles. The maximum Gasteiger partial charge on any atom is 0.204 e. The van der Waals surface area contributed by atoms with Crippen molar-refractivity contribution in [2.45, 2.75) is 108 Å². The maximum atomic E-state index is 6.92. The maximum absolute atomic E-state index is 6.92. The van der Waals surface area contributed by atoms with Crippen LogP contribution >= 0.6 is 0 Å². The molecular weight excluding hydrogens is 913 g/mol. The lowest BCUT2D eigenvalue weighted by Crippen LogP contribution is -2.56. The van der Waals surface area contributed by atoms with Crippen molar-refractivity contribution in [1.29, 1.82) is 0 Å². The highest BCUT2D eigenvalue weighted by atomic mass is 16.5. The summed E-state index contributed by atoms with van der Waals surface area (Å²) >= 11 is 0. The third kappa shape index (κ3) is 10.8. The van der Waals surface area contributed by atoms with Crippen LogP contribution in [-0.4, -0.2) is 156 Å². The Morgan fingerprint density at radius 2 is 1.26 bits per heavy atom. The molecule has 0 bridgehead atoms. The molecule has 1 atom stereocenters. The number of nitrogens with one attached hydrogen (secondary N) is 1. The normalized spacial score (nSPS) is 23.2. The summed E-state index contributed by atoms with van der Waals surface area (Å²) in [4.78, 5) is 49.4. The first kappa shape index (κ1) is 47.9. The zero-order chi connectivity index (χ0) is 48.8. The van der Waals surface area contributed by atoms with Gasteiger partial charge in [0, 0.05) is 107 Å². The average Bonchev–Trinajstić information content (AvgIpc) is 3.42. The molecule has 7 heterocycles. The topological polar surface area (TPSA) is 178 Å². The van der Waals surface area contributed by atoms with Gasteiger partial charge < -0.3 is 48.6 Å². The number of anilines is 5. The van der Waals surface area contributed by atoms with Crippen molar-refractivity contribution in [1.82, 2.24) is 44.8 Å². The van der Waals surface area contributed by atoms with E-state index >= 15 is 0 Å². The summed E-state index contributed by atoms with van der Waals surface area (Å²) in [6, 6.07) is 11.2. The Morgan fingerprint density at radius 1 is 0.639 bits per heavy atom. The van der Waals surface area contributed by atoms with Gasteiger partial charge in [0.25, 0.3) is 0 Å². The van der Waals surface area contributed by atoms with Gasteiger partial charge in [-0.25, -0.2) is 29.9 Å². The monoisotopic (exact) mass is 981 g/mol. The molecule has 0 amide bonds. The predicted octanol–water partition coefficient (Wildman–Crippen LogP) is 6.91. The number of hydrogen-bond acceptors (Lipinski definition) is 19. The molecule has 72 heavy (non-hydrogen) atoms. The first-order chi connectivity index (χ1) is 35.4. The minimum absolute atomic E-state index is 0.0254. The van der Waals surface area contributed by atoms with Gasteiger partial charge in [-0.15, -0.1) is 0 Å². The molecule has 1 unspecified atom stereocenters. The number of morpholine rings is 2. The van der Waals surface area contributed by atoms with Crippen LogP contribution in [0, 0.1) is 0 Å². The Labute approximate surface area is 421 Å². The first-order valence-electron chi connectivity index (χ1n) is 26.1. The standard InChI is InChI=1S/C53H68N14O5/c1-63(2)53-51(68-3)52(60-35-61-53)62-36-7-11-41(12-8-36)71-46-31-40(29-44-50(46)57-18-16-55-44)66-23-26-70-48(33-66)67(47-27-37(58-34-59-47)32-64-19-5-4-6-20-64)38-9-13-42(14-10-38)72-45-30-39(65-21-24-69-25-22-65)28-43-49(45)56-17-15-54-43/h15-18,27-31,34-36,38,41-42,48H,4-14,19-26,32-33H2,1-3H3,(H,60,61,62)/t36-,38-,41+,42+,48?. The van der Waals surface area contributed by atoms with Gasteiger partial charge in [0.2, 0.25) is 5.75 Å². The number of hydrogen-bond donors (Lipinski definition) is 1. The van der Waals surface area contributed by atoms with E-state index in [2.05, 4.69) is 70.2 Å². The fraction of sp³-hybridized carbons (Fsp3) is 0.547. The number of piperidine rings is 1. The minimum atomic E-state index is -0.268. The first-order valence-corrected chi connectivity index (χ1v) is 26.1. The second-order valence-corrected chi connectivity index (χ2v) is 20.0. The molecule has 1 N–H and O–H groups in total. The highest BCUT2D eigenvalue weighted by molar-refractivity contribution is 5.86. The molecule has 6 aromatic rings. The van der Waals surface area contributed by atoms with Crippen LogP contribution in [0.1, 0.15) is 76.3 Å². The summed E-state index contributed by atoms with van der Waals surface area (Å²) in [6.07, 6.45) is 21.0. The lowest BCUT2D eigenvalue weighted by molar-refractivity contribution is 0.0263. The Hall–Kier alpha value is -6.44.